The Balaban J connectivity index is 2.25. The Morgan fingerprint density at radius 1 is 1.50 bits per heavy atom. The predicted molar refractivity (Wildman–Crippen MR) is 62.3 cm³/mol. The molecule has 96 valence electrons. The summed E-state index contributed by atoms with van der Waals surface area (Å²) in [5.74, 6) is -1.59. The van der Waals surface area contributed by atoms with Gasteiger partial charge in [0.05, 0.1) is 6.10 Å². The third-order valence-electron chi connectivity index (χ3n) is 2.80. The summed E-state index contributed by atoms with van der Waals surface area (Å²) in [7, 11) is 0. The van der Waals surface area contributed by atoms with Crippen LogP contribution >= 0.6 is 11.6 Å². The first kappa shape index (κ1) is 12.8. The summed E-state index contributed by atoms with van der Waals surface area (Å²) in [4.78, 5) is 28.0. The van der Waals surface area contributed by atoms with Gasteiger partial charge in [0.1, 0.15) is 11.2 Å². The normalized spacial score (nSPS) is 23.1. The Morgan fingerprint density at radius 3 is 2.83 bits per heavy atom. The molecule has 0 bridgehead atoms. The molecule has 1 aliphatic heterocycles. The average Bonchev–Trinajstić information content (AvgIpc) is 2.70. The number of aromatic nitrogens is 1. The van der Waals surface area contributed by atoms with Crippen molar-refractivity contribution in [2.24, 2.45) is 0 Å². The number of nitrogens with zero attached hydrogens (tertiary/aromatic N) is 2. The third-order valence-corrected chi connectivity index (χ3v) is 3.01. The van der Waals surface area contributed by atoms with Crippen molar-refractivity contribution < 1.29 is 19.8 Å². The largest absolute Gasteiger partial charge is 0.480 e. The molecule has 2 heterocycles. The van der Waals surface area contributed by atoms with Gasteiger partial charge in [0, 0.05) is 24.7 Å². The molecule has 1 unspecified atom stereocenters. The smallest absolute Gasteiger partial charge is 0.326 e. The molecule has 1 aromatic rings. The molecule has 2 rings (SSSR count). The molecule has 1 saturated heterocycles. The van der Waals surface area contributed by atoms with Crippen molar-refractivity contribution in [3.63, 3.8) is 0 Å². The minimum Gasteiger partial charge on any atom is -0.480 e. The quantitative estimate of drug-likeness (QED) is 0.759. The predicted octanol–water partition coefficient (Wildman–Crippen LogP) is 0.395. The number of halogens is 1. The van der Waals surface area contributed by atoms with E-state index in [1.54, 1.807) is 0 Å². The Morgan fingerprint density at radius 2 is 2.22 bits per heavy atom. The van der Waals surface area contributed by atoms with E-state index < -0.39 is 24.0 Å². The summed E-state index contributed by atoms with van der Waals surface area (Å²) in [6.45, 7) is 0.00966. The van der Waals surface area contributed by atoms with Crippen LogP contribution in [-0.4, -0.2) is 50.7 Å². The van der Waals surface area contributed by atoms with Crippen LogP contribution in [0, 0.1) is 0 Å². The maximum absolute atomic E-state index is 12.1. The highest BCUT2D eigenvalue weighted by molar-refractivity contribution is 6.29. The van der Waals surface area contributed by atoms with Crippen LogP contribution in [0.5, 0.6) is 0 Å². The highest BCUT2D eigenvalue weighted by atomic mass is 35.5. The van der Waals surface area contributed by atoms with Crippen LogP contribution in [0.2, 0.25) is 5.15 Å². The molecule has 0 spiro atoms. The zero-order chi connectivity index (χ0) is 13.3. The highest BCUT2D eigenvalue weighted by Crippen LogP contribution is 2.21. The fourth-order valence-electron chi connectivity index (χ4n) is 1.97. The van der Waals surface area contributed by atoms with E-state index in [0.29, 0.717) is 0 Å². The van der Waals surface area contributed by atoms with Crippen molar-refractivity contribution in [3.8, 4) is 0 Å². The van der Waals surface area contributed by atoms with Crippen LogP contribution in [0.25, 0.3) is 0 Å². The molecule has 1 aromatic heterocycles. The number of β-amino-alcohol motifs (C(OH)–C–C–N with tert-alkyl or cyclic N) is 1. The number of rotatable bonds is 2. The number of aliphatic carboxylic acids is 1. The summed E-state index contributed by atoms with van der Waals surface area (Å²) in [6.07, 6.45) is 0.602. The van der Waals surface area contributed by atoms with Crippen LogP contribution in [0.4, 0.5) is 0 Å². The molecule has 0 radical (unpaired) electrons. The first-order chi connectivity index (χ1) is 8.49. The third kappa shape index (κ3) is 2.44. The number of hydrogen-bond acceptors (Lipinski definition) is 4. The van der Waals surface area contributed by atoms with Crippen molar-refractivity contribution in [2.75, 3.05) is 6.54 Å². The minimum absolute atomic E-state index is 0.00966. The van der Waals surface area contributed by atoms with E-state index in [2.05, 4.69) is 4.98 Å². The van der Waals surface area contributed by atoms with Gasteiger partial charge in [0.25, 0.3) is 5.91 Å². The molecule has 2 atom stereocenters. The van der Waals surface area contributed by atoms with Gasteiger partial charge < -0.3 is 15.1 Å². The molecule has 1 aliphatic rings. The number of amides is 1. The lowest BCUT2D eigenvalue weighted by atomic mass is 10.2. The second-order valence-corrected chi connectivity index (χ2v) is 4.46. The average molecular weight is 271 g/mol. The summed E-state index contributed by atoms with van der Waals surface area (Å²) in [5, 5.41) is 18.6. The lowest BCUT2D eigenvalue weighted by Crippen LogP contribution is -2.40. The summed E-state index contributed by atoms with van der Waals surface area (Å²) in [6, 6.07) is 1.82. The minimum atomic E-state index is -1.12. The maximum Gasteiger partial charge on any atom is 0.326 e. The van der Waals surface area contributed by atoms with Gasteiger partial charge in [-0.15, -0.1) is 0 Å². The lowest BCUT2D eigenvalue weighted by Gasteiger charge is -2.21. The summed E-state index contributed by atoms with van der Waals surface area (Å²) < 4.78 is 0. The number of hydrogen-bond donors (Lipinski definition) is 2. The van der Waals surface area contributed by atoms with Gasteiger partial charge in [0.15, 0.2) is 0 Å². The van der Waals surface area contributed by atoms with E-state index in [1.165, 1.54) is 18.3 Å². The van der Waals surface area contributed by atoms with Crippen LogP contribution in [0.1, 0.15) is 16.8 Å². The van der Waals surface area contributed by atoms with Crippen LogP contribution in [0.3, 0.4) is 0 Å². The molecule has 0 aliphatic carbocycles. The van der Waals surface area contributed by atoms with E-state index in [4.69, 9.17) is 16.7 Å². The number of carbonyl (C=O) groups excluding carboxylic acids is 1. The maximum atomic E-state index is 12.1. The monoisotopic (exact) mass is 270 g/mol. The number of likely N-dealkylation sites (tertiary alicyclic amines) is 1. The van der Waals surface area contributed by atoms with Crippen molar-refractivity contribution in [2.45, 2.75) is 18.6 Å². The van der Waals surface area contributed by atoms with Crippen molar-refractivity contribution in [1.29, 1.82) is 0 Å². The number of aliphatic hydroxyl groups is 1. The van der Waals surface area contributed by atoms with E-state index in [1.807, 2.05) is 0 Å². The van der Waals surface area contributed by atoms with Crippen molar-refractivity contribution >= 4 is 23.5 Å². The molecular formula is C11H11ClN2O4. The van der Waals surface area contributed by atoms with Crippen LogP contribution in [-0.2, 0) is 4.79 Å². The molecule has 7 heteroatoms. The molecular weight excluding hydrogens is 260 g/mol. The molecule has 1 fully saturated rings. The molecule has 1 amide bonds. The summed E-state index contributed by atoms with van der Waals surface area (Å²) in [5.41, 5.74) is 0.260. The highest BCUT2D eigenvalue weighted by Gasteiger charge is 2.39. The van der Waals surface area contributed by atoms with Gasteiger partial charge >= 0.3 is 5.97 Å². The molecule has 0 saturated carbocycles. The Labute approximate surface area is 108 Å². The molecule has 6 nitrogen and oxygen atoms in total. The van der Waals surface area contributed by atoms with Crippen LogP contribution in [0.15, 0.2) is 18.3 Å². The van der Waals surface area contributed by atoms with Crippen LogP contribution < -0.4 is 0 Å². The van der Waals surface area contributed by atoms with Crippen molar-refractivity contribution in [3.05, 3.63) is 29.0 Å². The van der Waals surface area contributed by atoms with E-state index in [9.17, 15) is 14.7 Å². The van der Waals surface area contributed by atoms with E-state index in [0.717, 1.165) is 4.90 Å². The number of carbonyl (C=O) groups is 2. The Hall–Kier alpha value is -1.66. The zero-order valence-corrected chi connectivity index (χ0v) is 10.0. The molecule has 0 aromatic carbocycles. The SMILES string of the molecule is O=C(O)[C@@H]1CC(O)CN1C(=O)c1ccnc(Cl)c1. The number of carboxylic acid groups (broad SMARTS) is 1. The second kappa shape index (κ2) is 4.91. The molecule has 2 N–H and O–H groups in total. The Bertz CT molecular complexity index is 494. The lowest BCUT2D eigenvalue weighted by molar-refractivity contribution is -0.141. The fraction of sp³-hybridized carbons (Fsp3) is 0.364. The van der Waals surface area contributed by atoms with Crippen molar-refractivity contribution in [1.82, 2.24) is 9.88 Å². The Kier molecular flexibility index (Phi) is 3.49. The van der Waals surface area contributed by atoms with E-state index >= 15 is 0 Å². The van der Waals surface area contributed by atoms with Gasteiger partial charge in [-0.25, -0.2) is 9.78 Å². The van der Waals surface area contributed by atoms with Gasteiger partial charge in [-0.3, -0.25) is 4.79 Å². The first-order valence-electron chi connectivity index (χ1n) is 5.32. The standard InChI is InChI=1S/C11H11ClN2O4/c12-9-3-6(1-2-13-9)10(16)14-5-7(15)4-8(14)11(17)18/h1-3,7-8,15H,4-5H2,(H,17,18)/t7?,8-/m0/s1. The number of pyridine rings is 1. The van der Waals surface area contributed by atoms with Gasteiger partial charge in [0.2, 0.25) is 0 Å². The number of aliphatic hydroxyl groups excluding tert-OH is 1. The topological polar surface area (TPSA) is 90.7 Å². The van der Waals surface area contributed by atoms with Gasteiger partial charge in [-0.05, 0) is 12.1 Å². The van der Waals surface area contributed by atoms with Gasteiger partial charge in [-0.1, -0.05) is 11.6 Å². The summed E-state index contributed by atoms with van der Waals surface area (Å²) >= 11 is 5.68. The second-order valence-electron chi connectivity index (χ2n) is 4.07. The fourth-order valence-corrected chi connectivity index (χ4v) is 2.15. The first-order valence-corrected chi connectivity index (χ1v) is 5.70. The van der Waals surface area contributed by atoms with E-state index in [-0.39, 0.29) is 23.7 Å². The zero-order valence-electron chi connectivity index (χ0n) is 9.28. The number of carboxylic acids is 1. The molecule has 18 heavy (non-hydrogen) atoms. The van der Waals surface area contributed by atoms with Gasteiger partial charge in [-0.2, -0.15) is 0 Å².